The van der Waals surface area contributed by atoms with E-state index in [9.17, 15) is 0 Å². The van der Waals surface area contributed by atoms with Crippen LogP contribution < -0.4 is 4.74 Å². The molecule has 0 fully saturated rings. The van der Waals surface area contributed by atoms with Crippen LogP contribution in [0.4, 0.5) is 0 Å². The number of nitrogens with zero attached hydrogens (tertiary/aromatic N) is 2. The number of pyridine rings is 1. The van der Waals surface area contributed by atoms with Gasteiger partial charge in [-0.3, -0.25) is 4.98 Å². The highest BCUT2D eigenvalue weighted by Crippen LogP contribution is 2.17. The van der Waals surface area contributed by atoms with Gasteiger partial charge in [-0.05, 0) is 18.6 Å². The monoisotopic (exact) mass is 162 g/mol. The van der Waals surface area contributed by atoms with E-state index >= 15 is 0 Å². The van der Waals surface area contributed by atoms with E-state index in [4.69, 9.17) is 10.00 Å². The van der Waals surface area contributed by atoms with Crippen molar-refractivity contribution in [2.24, 2.45) is 0 Å². The van der Waals surface area contributed by atoms with Crippen LogP contribution in [0.2, 0.25) is 0 Å². The fraction of sp³-hybridized carbons (Fsp3) is 0.333. The molecule has 0 saturated heterocycles. The predicted octanol–water partition coefficient (Wildman–Crippen LogP) is 1.72. The van der Waals surface area contributed by atoms with Gasteiger partial charge in [-0.1, -0.05) is 0 Å². The van der Waals surface area contributed by atoms with Crippen LogP contribution in [-0.2, 0) is 0 Å². The lowest BCUT2D eigenvalue weighted by atomic mass is 10.1. The highest BCUT2D eigenvalue weighted by atomic mass is 16.5. The van der Waals surface area contributed by atoms with Gasteiger partial charge in [-0.2, -0.15) is 5.26 Å². The van der Waals surface area contributed by atoms with Crippen molar-refractivity contribution < 1.29 is 4.74 Å². The highest BCUT2D eigenvalue weighted by Gasteiger charge is 2.04. The molecule has 1 rings (SSSR count). The number of hydrogen-bond acceptors (Lipinski definition) is 3. The molecule has 0 aromatic carbocycles. The molecule has 0 saturated carbocycles. The Bertz CT molecular complexity index is 304. The molecule has 0 aliphatic heterocycles. The first kappa shape index (κ1) is 8.54. The molecule has 3 nitrogen and oxygen atoms in total. The average molecular weight is 162 g/mol. The van der Waals surface area contributed by atoms with Crippen molar-refractivity contribution >= 4 is 0 Å². The van der Waals surface area contributed by atoms with Crippen molar-refractivity contribution in [1.82, 2.24) is 4.98 Å². The Balaban J connectivity index is 2.95. The van der Waals surface area contributed by atoms with Gasteiger partial charge < -0.3 is 4.74 Å². The van der Waals surface area contributed by atoms with E-state index in [0.29, 0.717) is 5.75 Å². The van der Waals surface area contributed by atoms with Gasteiger partial charge in [-0.15, -0.1) is 0 Å². The second-order valence-electron chi connectivity index (χ2n) is 2.51. The first-order valence-electron chi connectivity index (χ1n) is 3.66. The van der Waals surface area contributed by atoms with Gasteiger partial charge in [0.2, 0.25) is 0 Å². The summed E-state index contributed by atoms with van der Waals surface area (Å²) >= 11 is 0. The number of rotatable bonds is 2. The number of nitriles is 1. The lowest BCUT2D eigenvalue weighted by Crippen LogP contribution is -1.92. The van der Waals surface area contributed by atoms with Crippen LogP contribution in [0.1, 0.15) is 18.4 Å². The molecule has 1 atom stereocenters. The van der Waals surface area contributed by atoms with Gasteiger partial charge in [0.05, 0.1) is 25.3 Å². The fourth-order valence-corrected chi connectivity index (χ4v) is 0.859. The number of methoxy groups -OCH3 is 1. The van der Waals surface area contributed by atoms with Crippen LogP contribution in [-0.4, -0.2) is 12.1 Å². The second-order valence-corrected chi connectivity index (χ2v) is 2.51. The Morgan fingerprint density at radius 2 is 2.33 bits per heavy atom. The second kappa shape index (κ2) is 3.72. The average Bonchev–Trinajstić information content (AvgIpc) is 2.17. The summed E-state index contributed by atoms with van der Waals surface area (Å²) in [5, 5.41) is 8.63. The maximum Gasteiger partial charge on any atom is 0.137 e. The van der Waals surface area contributed by atoms with Gasteiger partial charge in [0.15, 0.2) is 0 Å². The third kappa shape index (κ3) is 1.73. The Hall–Kier alpha value is -1.56. The minimum absolute atomic E-state index is 0.132. The summed E-state index contributed by atoms with van der Waals surface area (Å²) < 4.78 is 4.98. The van der Waals surface area contributed by atoms with E-state index in [-0.39, 0.29) is 5.92 Å². The highest BCUT2D eigenvalue weighted by molar-refractivity contribution is 5.28. The molecule has 0 aliphatic carbocycles. The van der Waals surface area contributed by atoms with Crippen LogP contribution in [0.5, 0.6) is 5.75 Å². The largest absolute Gasteiger partial charge is 0.495 e. The SMILES string of the molecule is COc1cncc(C(C)C#N)c1. The van der Waals surface area contributed by atoms with Crippen LogP contribution >= 0.6 is 0 Å². The number of ether oxygens (including phenoxy) is 1. The third-order valence-corrected chi connectivity index (χ3v) is 1.66. The van der Waals surface area contributed by atoms with Crippen molar-refractivity contribution in [3.05, 3.63) is 24.0 Å². The molecule has 1 heterocycles. The molecule has 1 aromatic heterocycles. The molecule has 0 aliphatic rings. The van der Waals surface area contributed by atoms with E-state index in [1.165, 1.54) is 0 Å². The first-order valence-corrected chi connectivity index (χ1v) is 3.66. The van der Waals surface area contributed by atoms with Gasteiger partial charge >= 0.3 is 0 Å². The molecule has 0 radical (unpaired) electrons. The molecule has 1 unspecified atom stereocenters. The van der Waals surface area contributed by atoms with Crippen molar-refractivity contribution in [3.63, 3.8) is 0 Å². The van der Waals surface area contributed by atoms with Crippen LogP contribution in [0.25, 0.3) is 0 Å². The van der Waals surface area contributed by atoms with Crippen molar-refractivity contribution in [2.45, 2.75) is 12.8 Å². The van der Waals surface area contributed by atoms with E-state index in [1.54, 1.807) is 19.5 Å². The quantitative estimate of drug-likeness (QED) is 0.665. The normalized spacial score (nSPS) is 11.8. The zero-order chi connectivity index (χ0) is 8.97. The first-order chi connectivity index (χ1) is 5.77. The summed E-state index contributed by atoms with van der Waals surface area (Å²) in [6, 6.07) is 3.96. The van der Waals surface area contributed by atoms with Gasteiger partial charge in [0.25, 0.3) is 0 Å². The lowest BCUT2D eigenvalue weighted by Gasteiger charge is -2.03. The number of aromatic nitrogens is 1. The topological polar surface area (TPSA) is 45.9 Å². The zero-order valence-electron chi connectivity index (χ0n) is 7.11. The molecule has 62 valence electrons. The molecular weight excluding hydrogens is 152 g/mol. The van der Waals surface area contributed by atoms with Crippen molar-refractivity contribution in [3.8, 4) is 11.8 Å². The smallest absolute Gasteiger partial charge is 0.137 e. The Labute approximate surface area is 71.6 Å². The molecular formula is C9H10N2O. The maximum absolute atomic E-state index is 8.63. The van der Waals surface area contributed by atoms with Crippen molar-refractivity contribution in [1.29, 1.82) is 5.26 Å². The fourth-order valence-electron chi connectivity index (χ4n) is 0.859. The standard InChI is InChI=1S/C9H10N2O/c1-7(4-10)8-3-9(12-2)6-11-5-8/h3,5-7H,1-2H3. The van der Waals surface area contributed by atoms with Gasteiger partial charge in [-0.25, -0.2) is 0 Å². The Morgan fingerprint density at radius 1 is 1.58 bits per heavy atom. The third-order valence-electron chi connectivity index (χ3n) is 1.66. The van der Waals surface area contributed by atoms with Crippen LogP contribution in [0.3, 0.4) is 0 Å². The molecule has 0 bridgehead atoms. The lowest BCUT2D eigenvalue weighted by molar-refractivity contribution is 0.412. The van der Waals surface area contributed by atoms with Crippen LogP contribution in [0.15, 0.2) is 18.5 Å². The zero-order valence-corrected chi connectivity index (χ0v) is 7.11. The minimum atomic E-state index is -0.132. The summed E-state index contributed by atoms with van der Waals surface area (Å²) in [4.78, 5) is 3.95. The molecule has 1 aromatic rings. The van der Waals surface area contributed by atoms with E-state index in [2.05, 4.69) is 11.1 Å². The summed E-state index contributed by atoms with van der Waals surface area (Å²) in [6.07, 6.45) is 3.30. The summed E-state index contributed by atoms with van der Waals surface area (Å²) in [7, 11) is 1.58. The predicted molar refractivity (Wildman–Crippen MR) is 44.8 cm³/mol. The van der Waals surface area contributed by atoms with Gasteiger partial charge in [0.1, 0.15) is 5.75 Å². The Kier molecular flexibility index (Phi) is 2.65. The van der Waals surface area contributed by atoms with Crippen molar-refractivity contribution in [2.75, 3.05) is 7.11 Å². The van der Waals surface area contributed by atoms with Gasteiger partial charge in [0, 0.05) is 6.20 Å². The van der Waals surface area contributed by atoms with E-state index in [0.717, 1.165) is 5.56 Å². The van der Waals surface area contributed by atoms with E-state index < -0.39 is 0 Å². The summed E-state index contributed by atoms with van der Waals surface area (Å²) in [6.45, 7) is 1.83. The Morgan fingerprint density at radius 3 is 2.92 bits per heavy atom. The van der Waals surface area contributed by atoms with Crippen LogP contribution in [0, 0.1) is 11.3 Å². The number of hydrogen-bond donors (Lipinski definition) is 0. The maximum atomic E-state index is 8.63. The molecule has 0 spiro atoms. The minimum Gasteiger partial charge on any atom is -0.495 e. The van der Waals surface area contributed by atoms with E-state index in [1.807, 2.05) is 13.0 Å². The summed E-state index contributed by atoms with van der Waals surface area (Å²) in [5.74, 6) is 0.558. The molecule has 0 amide bonds. The summed E-state index contributed by atoms with van der Waals surface area (Å²) in [5.41, 5.74) is 0.886. The molecule has 3 heteroatoms. The molecule has 12 heavy (non-hydrogen) atoms. The molecule has 0 N–H and O–H groups in total.